The Bertz CT molecular complexity index is 587. The Labute approximate surface area is 121 Å². The first-order chi connectivity index (χ1) is 9.65. The summed E-state index contributed by atoms with van der Waals surface area (Å²) >= 11 is 6.01. The molecule has 0 aliphatic heterocycles. The Hall–Kier alpha value is -1.91. The van der Waals surface area contributed by atoms with Gasteiger partial charge in [-0.3, -0.25) is 4.79 Å². The standard InChI is InChI=1S/C15H14ClFN2O/c16-14-4-2-1-3-11(14)9-18-10-15(20)19-13-7-5-12(17)6-8-13/h1-8,18H,9-10H2,(H,19,20). The normalized spacial score (nSPS) is 10.3. The van der Waals surface area contributed by atoms with E-state index in [9.17, 15) is 9.18 Å². The molecule has 0 aliphatic carbocycles. The highest BCUT2D eigenvalue weighted by Gasteiger charge is 2.03. The lowest BCUT2D eigenvalue weighted by molar-refractivity contribution is -0.115. The van der Waals surface area contributed by atoms with Crippen molar-refractivity contribution in [3.8, 4) is 0 Å². The van der Waals surface area contributed by atoms with Gasteiger partial charge >= 0.3 is 0 Å². The second-order valence-electron chi connectivity index (χ2n) is 4.25. The minimum absolute atomic E-state index is 0.155. The van der Waals surface area contributed by atoms with Gasteiger partial charge < -0.3 is 10.6 Å². The van der Waals surface area contributed by atoms with E-state index in [0.717, 1.165) is 5.56 Å². The van der Waals surface area contributed by atoms with E-state index in [0.29, 0.717) is 17.3 Å². The van der Waals surface area contributed by atoms with Crippen molar-refractivity contribution in [3.05, 3.63) is 64.9 Å². The number of carbonyl (C=O) groups is 1. The third-order valence-corrected chi connectivity index (χ3v) is 3.06. The first-order valence-electron chi connectivity index (χ1n) is 6.15. The maximum atomic E-state index is 12.7. The molecule has 104 valence electrons. The van der Waals surface area contributed by atoms with E-state index < -0.39 is 0 Å². The third kappa shape index (κ3) is 4.33. The quantitative estimate of drug-likeness (QED) is 0.888. The van der Waals surface area contributed by atoms with Crippen LogP contribution in [0.2, 0.25) is 5.02 Å². The van der Waals surface area contributed by atoms with E-state index in [2.05, 4.69) is 10.6 Å². The Morgan fingerprint density at radius 3 is 2.50 bits per heavy atom. The maximum Gasteiger partial charge on any atom is 0.238 e. The summed E-state index contributed by atoms with van der Waals surface area (Å²) in [5.74, 6) is -0.525. The minimum Gasteiger partial charge on any atom is -0.325 e. The lowest BCUT2D eigenvalue weighted by atomic mass is 10.2. The SMILES string of the molecule is O=C(CNCc1ccccc1Cl)Nc1ccc(F)cc1. The van der Waals surface area contributed by atoms with Crippen LogP contribution >= 0.6 is 11.6 Å². The summed E-state index contributed by atoms with van der Waals surface area (Å²) in [6, 6.07) is 13.1. The Kier molecular flexibility index (Phi) is 5.09. The highest BCUT2D eigenvalue weighted by atomic mass is 35.5. The van der Waals surface area contributed by atoms with Crippen LogP contribution in [0.3, 0.4) is 0 Å². The van der Waals surface area contributed by atoms with Crippen LogP contribution in [0.5, 0.6) is 0 Å². The van der Waals surface area contributed by atoms with Crippen LogP contribution in [0.1, 0.15) is 5.56 Å². The summed E-state index contributed by atoms with van der Waals surface area (Å²) < 4.78 is 12.7. The molecule has 0 spiro atoms. The van der Waals surface area contributed by atoms with E-state index in [1.165, 1.54) is 24.3 Å². The Morgan fingerprint density at radius 2 is 1.80 bits per heavy atom. The highest BCUT2D eigenvalue weighted by Crippen LogP contribution is 2.14. The van der Waals surface area contributed by atoms with E-state index >= 15 is 0 Å². The summed E-state index contributed by atoms with van der Waals surface area (Å²) in [4.78, 5) is 11.7. The molecule has 0 atom stereocenters. The van der Waals surface area contributed by atoms with E-state index in [1.807, 2.05) is 18.2 Å². The summed E-state index contributed by atoms with van der Waals surface area (Å²) in [6.45, 7) is 0.666. The van der Waals surface area contributed by atoms with Gasteiger partial charge in [0.25, 0.3) is 0 Å². The lowest BCUT2D eigenvalue weighted by Crippen LogP contribution is -2.27. The molecule has 1 amide bonds. The zero-order chi connectivity index (χ0) is 14.4. The van der Waals surface area contributed by atoms with E-state index in [1.54, 1.807) is 6.07 Å². The minimum atomic E-state index is -0.333. The van der Waals surface area contributed by atoms with Crippen LogP contribution in [0, 0.1) is 5.82 Å². The number of carbonyl (C=O) groups excluding carboxylic acids is 1. The summed E-state index contributed by atoms with van der Waals surface area (Å²) in [6.07, 6.45) is 0. The number of hydrogen-bond donors (Lipinski definition) is 2. The molecule has 0 saturated carbocycles. The van der Waals surface area contributed by atoms with E-state index in [4.69, 9.17) is 11.6 Å². The Balaban J connectivity index is 1.78. The number of amides is 1. The first-order valence-corrected chi connectivity index (χ1v) is 6.52. The van der Waals surface area contributed by atoms with Gasteiger partial charge in [0.05, 0.1) is 6.54 Å². The van der Waals surface area contributed by atoms with Gasteiger partial charge in [0.1, 0.15) is 5.82 Å². The molecule has 2 aromatic carbocycles. The second-order valence-corrected chi connectivity index (χ2v) is 4.66. The van der Waals surface area contributed by atoms with Gasteiger partial charge in [-0.05, 0) is 35.9 Å². The lowest BCUT2D eigenvalue weighted by Gasteiger charge is -2.07. The number of nitrogens with one attached hydrogen (secondary N) is 2. The molecule has 3 nitrogen and oxygen atoms in total. The molecular weight excluding hydrogens is 279 g/mol. The van der Waals surface area contributed by atoms with Crippen LogP contribution in [0.4, 0.5) is 10.1 Å². The fourth-order valence-corrected chi connectivity index (χ4v) is 1.89. The molecule has 0 heterocycles. The zero-order valence-corrected chi connectivity index (χ0v) is 11.5. The van der Waals surface area contributed by atoms with Crippen molar-refractivity contribution in [2.45, 2.75) is 6.54 Å². The van der Waals surface area contributed by atoms with Crippen molar-refractivity contribution in [1.29, 1.82) is 0 Å². The molecular formula is C15H14ClFN2O. The van der Waals surface area contributed by atoms with Crippen LogP contribution in [0.15, 0.2) is 48.5 Å². The van der Waals surface area contributed by atoms with Gasteiger partial charge in [0, 0.05) is 17.3 Å². The molecule has 2 N–H and O–H groups in total. The van der Waals surface area contributed by atoms with E-state index in [-0.39, 0.29) is 18.3 Å². The number of anilines is 1. The molecule has 0 aliphatic rings. The summed E-state index contributed by atoms with van der Waals surface area (Å²) in [7, 11) is 0. The van der Waals surface area contributed by atoms with Crippen molar-refractivity contribution < 1.29 is 9.18 Å². The molecule has 0 bridgehead atoms. The molecule has 2 aromatic rings. The number of halogens is 2. The van der Waals surface area contributed by atoms with Crippen LogP contribution in [-0.4, -0.2) is 12.5 Å². The highest BCUT2D eigenvalue weighted by molar-refractivity contribution is 6.31. The van der Waals surface area contributed by atoms with Crippen molar-refractivity contribution in [2.24, 2.45) is 0 Å². The molecule has 0 unspecified atom stereocenters. The summed E-state index contributed by atoms with van der Waals surface area (Å²) in [5, 5.41) is 6.34. The van der Waals surface area contributed by atoms with Crippen LogP contribution in [0.25, 0.3) is 0 Å². The number of rotatable bonds is 5. The molecule has 0 radical (unpaired) electrons. The van der Waals surface area contributed by atoms with Gasteiger partial charge in [-0.1, -0.05) is 29.8 Å². The van der Waals surface area contributed by atoms with Crippen LogP contribution < -0.4 is 10.6 Å². The van der Waals surface area contributed by atoms with Crippen molar-refractivity contribution >= 4 is 23.2 Å². The average Bonchev–Trinajstić information content (AvgIpc) is 2.43. The van der Waals surface area contributed by atoms with Gasteiger partial charge in [-0.2, -0.15) is 0 Å². The second kappa shape index (κ2) is 7.03. The van der Waals surface area contributed by atoms with Crippen molar-refractivity contribution in [1.82, 2.24) is 5.32 Å². The fourth-order valence-electron chi connectivity index (χ4n) is 1.69. The zero-order valence-electron chi connectivity index (χ0n) is 10.7. The smallest absolute Gasteiger partial charge is 0.238 e. The topological polar surface area (TPSA) is 41.1 Å². The fraction of sp³-hybridized carbons (Fsp3) is 0.133. The number of benzene rings is 2. The van der Waals surface area contributed by atoms with Crippen molar-refractivity contribution in [2.75, 3.05) is 11.9 Å². The van der Waals surface area contributed by atoms with Crippen molar-refractivity contribution in [3.63, 3.8) is 0 Å². The third-order valence-electron chi connectivity index (χ3n) is 2.69. The molecule has 0 fully saturated rings. The van der Waals surface area contributed by atoms with Gasteiger partial charge in [-0.15, -0.1) is 0 Å². The van der Waals surface area contributed by atoms with Gasteiger partial charge in [-0.25, -0.2) is 4.39 Å². The monoisotopic (exact) mass is 292 g/mol. The summed E-state index contributed by atoms with van der Waals surface area (Å²) in [5.41, 5.74) is 1.50. The molecule has 5 heteroatoms. The first kappa shape index (κ1) is 14.5. The molecule has 2 rings (SSSR count). The largest absolute Gasteiger partial charge is 0.325 e. The van der Waals surface area contributed by atoms with Gasteiger partial charge in [0.2, 0.25) is 5.91 Å². The average molecular weight is 293 g/mol. The maximum absolute atomic E-state index is 12.7. The predicted octanol–water partition coefficient (Wildman–Crippen LogP) is 3.21. The predicted molar refractivity (Wildman–Crippen MR) is 78.2 cm³/mol. The molecule has 0 aromatic heterocycles. The van der Waals surface area contributed by atoms with Gasteiger partial charge in [0.15, 0.2) is 0 Å². The molecule has 0 saturated heterocycles. The van der Waals surface area contributed by atoms with Crippen LogP contribution in [-0.2, 0) is 11.3 Å². The number of hydrogen-bond acceptors (Lipinski definition) is 2. The molecule has 20 heavy (non-hydrogen) atoms. The Morgan fingerprint density at radius 1 is 1.10 bits per heavy atom.